The summed E-state index contributed by atoms with van der Waals surface area (Å²) in [6, 6.07) is -1.49. The SMILES string of the molecule is CC(=O)N[C@H]1[C@H]([C@H](O)[C@H](O)CO)O[C@@](OC[C@H]2O[C@@H](O[C@H]3[C@H](O)[C@@H](O)[C@H](OCCCOCCOCCOCCOCCOCCOCCCCCCCCCCCCCCCCCCCCCS)O[C@@H]3CO)[C@H](O)[C@@H](O)[C@H]2O)(C(=O)O)C[C@@H]1O. The molecule has 0 aliphatic carbocycles. The summed E-state index contributed by atoms with van der Waals surface area (Å²) in [5, 5.41) is 118. The topological polar surface area (TPSA) is 379 Å². The van der Waals surface area contributed by atoms with Crippen LogP contribution >= 0.6 is 12.6 Å². The Morgan fingerprint density at radius 2 is 0.976 bits per heavy atom. The molecule has 16 atom stereocenters. The number of rotatable bonds is 52. The van der Waals surface area contributed by atoms with E-state index in [4.69, 9.17) is 56.8 Å². The standard InChI is InChI=1S/C57H107NO25S/c1-40(61)58-45-41(62)36-57(56(70)71,83-53(45)46(64)42(63)37-59)79-39-44-47(65)48(66)50(68)55(81-44)82-52-43(38-60)80-54(51(69)49(52)67)78-24-21-23-73-26-28-75-30-32-77-34-33-76-31-29-74-27-25-72-22-19-17-15-13-11-9-7-5-3-2-4-6-8-10-12-14-16-18-20-35-84/h41-55,59-60,62-69,84H,2-39H2,1H3,(H,58,61)(H,70,71)/t41-,42+,43+,44+,45+,46+,47-,48-,49+,50+,51+,52+,53+,54+,55-,57+/m0/s1. The van der Waals surface area contributed by atoms with Crippen LogP contribution in [0.4, 0.5) is 0 Å². The van der Waals surface area contributed by atoms with Crippen molar-refractivity contribution in [3.8, 4) is 0 Å². The highest BCUT2D eigenvalue weighted by Gasteiger charge is 2.57. The molecule has 0 spiro atoms. The molecule has 0 saturated carbocycles. The smallest absolute Gasteiger partial charge is 0.364 e. The molecule has 0 aromatic carbocycles. The summed E-state index contributed by atoms with van der Waals surface area (Å²) in [6.07, 6.45) is -0.439. The van der Waals surface area contributed by atoms with Gasteiger partial charge in [-0.05, 0) is 25.0 Å². The molecule has 0 aromatic heterocycles. The number of carbonyl (C=O) groups is 2. The maximum atomic E-state index is 12.6. The second kappa shape index (κ2) is 46.5. The molecule has 26 nitrogen and oxygen atoms in total. The minimum atomic E-state index is -2.85. The molecular formula is C57H107NO25S. The molecular weight excluding hydrogens is 1130 g/mol. The number of carboxylic acid groups (broad SMARTS) is 1. The fourth-order valence-electron chi connectivity index (χ4n) is 10.1. The van der Waals surface area contributed by atoms with Crippen molar-refractivity contribution < 1.29 is 123 Å². The Labute approximate surface area is 501 Å². The number of aliphatic carboxylic acids is 1. The minimum Gasteiger partial charge on any atom is -0.477 e. The Hall–Kier alpha value is -1.59. The van der Waals surface area contributed by atoms with Crippen molar-refractivity contribution in [1.82, 2.24) is 5.32 Å². The molecule has 12 N–H and O–H groups in total. The van der Waals surface area contributed by atoms with Gasteiger partial charge in [0.25, 0.3) is 5.79 Å². The van der Waals surface area contributed by atoms with Crippen LogP contribution in [0.15, 0.2) is 0 Å². The second-order valence-corrected chi connectivity index (χ2v) is 22.3. The van der Waals surface area contributed by atoms with Gasteiger partial charge in [0.2, 0.25) is 5.91 Å². The van der Waals surface area contributed by atoms with E-state index in [9.17, 15) is 65.8 Å². The zero-order valence-electron chi connectivity index (χ0n) is 49.6. The molecule has 84 heavy (non-hydrogen) atoms. The van der Waals surface area contributed by atoms with Gasteiger partial charge < -0.3 is 118 Å². The minimum absolute atomic E-state index is 0.00119. The monoisotopic (exact) mass is 1240 g/mol. The maximum Gasteiger partial charge on any atom is 0.364 e. The van der Waals surface area contributed by atoms with Gasteiger partial charge >= 0.3 is 5.97 Å². The number of thiol groups is 1. The number of unbranched alkanes of at least 4 members (excludes halogenated alkanes) is 18. The highest BCUT2D eigenvalue weighted by molar-refractivity contribution is 7.80. The summed E-state index contributed by atoms with van der Waals surface area (Å²) < 4.78 is 67.2. The predicted octanol–water partition coefficient (Wildman–Crippen LogP) is 0.632. The van der Waals surface area contributed by atoms with E-state index in [2.05, 4.69) is 17.9 Å². The van der Waals surface area contributed by atoms with Crippen molar-refractivity contribution >= 4 is 24.5 Å². The van der Waals surface area contributed by atoms with Crippen molar-refractivity contribution in [1.29, 1.82) is 0 Å². The number of carboxylic acids is 1. The van der Waals surface area contributed by atoms with Gasteiger partial charge in [-0.25, -0.2) is 4.79 Å². The van der Waals surface area contributed by atoms with Crippen molar-refractivity contribution in [2.75, 3.05) is 111 Å². The van der Waals surface area contributed by atoms with E-state index in [-0.39, 0.29) is 19.8 Å². The number of hydrogen-bond donors (Lipinski definition) is 13. The molecule has 0 radical (unpaired) electrons. The number of carbonyl (C=O) groups excluding carboxylic acids is 1. The van der Waals surface area contributed by atoms with E-state index >= 15 is 0 Å². The first kappa shape index (κ1) is 76.7. The third-order valence-electron chi connectivity index (χ3n) is 15.0. The van der Waals surface area contributed by atoms with Crippen molar-refractivity contribution in [2.45, 2.75) is 239 Å². The molecule has 1 amide bonds. The van der Waals surface area contributed by atoms with Crippen LogP contribution in [0.5, 0.6) is 0 Å². The van der Waals surface area contributed by atoms with E-state index in [1.54, 1.807) is 0 Å². The lowest BCUT2D eigenvalue weighted by Crippen LogP contribution is -2.68. The molecule has 3 saturated heterocycles. The van der Waals surface area contributed by atoms with Crippen molar-refractivity contribution in [2.24, 2.45) is 0 Å². The summed E-state index contributed by atoms with van der Waals surface area (Å²) in [4.78, 5) is 24.5. The molecule has 3 heterocycles. The van der Waals surface area contributed by atoms with E-state index in [1.807, 2.05) is 0 Å². The lowest BCUT2D eigenvalue weighted by atomic mass is 9.88. The second-order valence-electron chi connectivity index (χ2n) is 21.9. The van der Waals surface area contributed by atoms with Crippen LogP contribution in [0.2, 0.25) is 0 Å². The summed E-state index contributed by atoms with van der Waals surface area (Å²) >= 11 is 4.28. The van der Waals surface area contributed by atoms with Gasteiger partial charge in [-0.15, -0.1) is 0 Å². The Balaban J connectivity index is 1.15. The summed E-state index contributed by atoms with van der Waals surface area (Å²) in [7, 11) is 0. The van der Waals surface area contributed by atoms with Gasteiger partial charge in [-0.3, -0.25) is 4.79 Å². The summed E-state index contributed by atoms with van der Waals surface area (Å²) in [5.41, 5.74) is 0. The Bertz CT molecular complexity index is 1640. The highest BCUT2D eigenvalue weighted by Crippen LogP contribution is 2.36. The van der Waals surface area contributed by atoms with Crippen LogP contribution in [0.1, 0.15) is 142 Å². The number of nitrogens with one attached hydrogen (secondary N) is 1. The fourth-order valence-corrected chi connectivity index (χ4v) is 10.3. The maximum absolute atomic E-state index is 12.6. The van der Waals surface area contributed by atoms with Crippen molar-refractivity contribution in [3.63, 3.8) is 0 Å². The van der Waals surface area contributed by atoms with Gasteiger partial charge in [0.15, 0.2) is 12.6 Å². The molecule has 496 valence electrons. The van der Waals surface area contributed by atoms with Crippen LogP contribution in [0, 0.1) is 0 Å². The van der Waals surface area contributed by atoms with Crippen molar-refractivity contribution in [3.05, 3.63) is 0 Å². The molecule has 3 rings (SSSR count). The van der Waals surface area contributed by atoms with Crippen LogP contribution in [0.3, 0.4) is 0 Å². The normalized spacial score (nSPS) is 29.0. The van der Waals surface area contributed by atoms with Gasteiger partial charge in [0.05, 0.1) is 105 Å². The van der Waals surface area contributed by atoms with Crippen LogP contribution in [0.25, 0.3) is 0 Å². The zero-order valence-corrected chi connectivity index (χ0v) is 50.5. The quantitative estimate of drug-likeness (QED) is 0.0293. The van der Waals surface area contributed by atoms with E-state index < -0.39 is 136 Å². The molecule has 0 bridgehead atoms. The molecule has 0 unspecified atom stereocenters. The molecule has 3 aliphatic heterocycles. The molecule has 27 heteroatoms. The highest BCUT2D eigenvalue weighted by atomic mass is 32.1. The fraction of sp³-hybridized carbons (Fsp3) is 0.965. The number of ether oxygens (including phenoxy) is 12. The van der Waals surface area contributed by atoms with Gasteiger partial charge in [0.1, 0.15) is 67.1 Å². The first-order chi connectivity index (χ1) is 40.6. The lowest BCUT2D eigenvalue weighted by molar-refractivity contribution is -0.367. The predicted molar refractivity (Wildman–Crippen MR) is 305 cm³/mol. The summed E-state index contributed by atoms with van der Waals surface area (Å²) in [6.45, 7) is 3.54. The number of hydrogen-bond acceptors (Lipinski definition) is 25. The zero-order chi connectivity index (χ0) is 61.4. The van der Waals surface area contributed by atoms with Gasteiger partial charge in [-0.1, -0.05) is 109 Å². The van der Waals surface area contributed by atoms with E-state index in [1.165, 1.54) is 116 Å². The molecule has 3 fully saturated rings. The Morgan fingerprint density at radius 1 is 0.548 bits per heavy atom. The number of aliphatic hydroxyl groups is 10. The molecule has 3 aliphatic rings. The third kappa shape index (κ3) is 29.8. The van der Waals surface area contributed by atoms with Gasteiger partial charge in [0, 0.05) is 26.6 Å². The van der Waals surface area contributed by atoms with Crippen LogP contribution < -0.4 is 5.32 Å². The van der Waals surface area contributed by atoms with Crippen LogP contribution in [-0.4, -0.2) is 277 Å². The number of aliphatic hydroxyl groups excluding tert-OH is 10. The van der Waals surface area contributed by atoms with Crippen LogP contribution in [-0.2, 0) is 66.4 Å². The lowest BCUT2D eigenvalue weighted by Gasteiger charge is -2.48. The average Bonchev–Trinajstić information content (AvgIpc) is 2.31. The Morgan fingerprint density at radius 3 is 1.42 bits per heavy atom. The van der Waals surface area contributed by atoms with E-state index in [0.29, 0.717) is 65.9 Å². The summed E-state index contributed by atoms with van der Waals surface area (Å²) in [5.74, 6) is -4.42. The first-order valence-electron chi connectivity index (χ1n) is 30.8. The third-order valence-corrected chi connectivity index (χ3v) is 15.3. The average molecular weight is 1240 g/mol. The van der Waals surface area contributed by atoms with Gasteiger partial charge in [-0.2, -0.15) is 12.6 Å². The largest absolute Gasteiger partial charge is 0.477 e. The Kier molecular flexibility index (Phi) is 42.4. The van der Waals surface area contributed by atoms with E-state index in [0.717, 1.165) is 25.7 Å². The molecule has 0 aromatic rings. The first-order valence-corrected chi connectivity index (χ1v) is 31.4. The number of amides is 1.